The van der Waals surface area contributed by atoms with Crippen LogP contribution in [0.15, 0.2) is 24.3 Å². The third-order valence-electron chi connectivity index (χ3n) is 3.35. The normalized spacial score (nSPS) is 15.5. The largest absolute Gasteiger partial charge is 0.449 e. The SMILES string of the molecule is CCc1ccc(C(=O)OC(C)C(=O)N2CCNC2=O)cc1. The van der Waals surface area contributed by atoms with Crippen molar-refractivity contribution in [3.63, 3.8) is 0 Å². The van der Waals surface area contributed by atoms with Crippen molar-refractivity contribution in [3.05, 3.63) is 35.4 Å². The van der Waals surface area contributed by atoms with E-state index in [0.717, 1.165) is 16.9 Å². The number of rotatable bonds is 4. The lowest BCUT2D eigenvalue weighted by Crippen LogP contribution is -2.41. The number of hydrogen-bond donors (Lipinski definition) is 1. The number of aryl methyl sites for hydroxylation is 1. The van der Waals surface area contributed by atoms with E-state index in [9.17, 15) is 14.4 Å². The van der Waals surface area contributed by atoms with Gasteiger partial charge in [-0.05, 0) is 31.0 Å². The standard InChI is InChI=1S/C15H18N2O4/c1-3-11-4-6-12(7-5-11)14(19)21-10(2)13(18)17-9-8-16-15(17)20/h4-7,10H,3,8-9H2,1-2H3,(H,16,20). The molecular formula is C15H18N2O4. The van der Waals surface area contributed by atoms with Gasteiger partial charge in [0.2, 0.25) is 0 Å². The Morgan fingerprint density at radius 3 is 2.52 bits per heavy atom. The van der Waals surface area contributed by atoms with E-state index >= 15 is 0 Å². The van der Waals surface area contributed by atoms with Crippen LogP contribution in [0.25, 0.3) is 0 Å². The van der Waals surface area contributed by atoms with Gasteiger partial charge in [-0.15, -0.1) is 0 Å². The van der Waals surface area contributed by atoms with E-state index in [2.05, 4.69) is 5.32 Å². The molecule has 21 heavy (non-hydrogen) atoms. The van der Waals surface area contributed by atoms with Crippen LogP contribution in [0.2, 0.25) is 0 Å². The van der Waals surface area contributed by atoms with Gasteiger partial charge < -0.3 is 10.1 Å². The lowest BCUT2D eigenvalue weighted by Gasteiger charge is -2.18. The number of amides is 3. The second kappa shape index (κ2) is 6.39. The van der Waals surface area contributed by atoms with Crippen LogP contribution in [-0.2, 0) is 16.0 Å². The molecule has 0 radical (unpaired) electrons. The van der Waals surface area contributed by atoms with Crippen LogP contribution in [0.3, 0.4) is 0 Å². The predicted molar refractivity (Wildman–Crippen MR) is 75.8 cm³/mol. The van der Waals surface area contributed by atoms with Crippen molar-refractivity contribution in [1.29, 1.82) is 0 Å². The van der Waals surface area contributed by atoms with E-state index in [1.54, 1.807) is 12.1 Å². The smallest absolute Gasteiger partial charge is 0.338 e. The molecule has 0 aromatic heterocycles. The van der Waals surface area contributed by atoms with Gasteiger partial charge in [-0.2, -0.15) is 0 Å². The van der Waals surface area contributed by atoms with Crippen LogP contribution in [0.4, 0.5) is 4.79 Å². The summed E-state index contributed by atoms with van der Waals surface area (Å²) in [4.78, 5) is 36.4. The van der Waals surface area contributed by atoms with E-state index in [1.807, 2.05) is 19.1 Å². The molecule has 2 rings (SSSR count). The van der Waals surface area contributed by atoms with Crippen molar-refractivity contribution in [2.75, 3.05) is 13.1 Å². The summed E-state index contributed by atoms with van der Waals surface area (Å²) in [5, 5.41) is 2.53. The van der Waals surface area contributed by atoms with Crippen molar-refractivity contribution in [2.24, 2.45) is 0 Å². The van der Waals surface area contributed by atoms with E-state index in [-0.39, 0.29) is 0 Å². The molecule has 1 N–H and O–H groups in total. The quantitative estimate of drug-likeness (QED) is 0.849. The predicted octanol–water partition coefficient (Wildman–Crippen LogP) is 1.35. The molecule has 1 atom stereocenters. The van der Waals surface area contributed by atoms with Crippen LogP contribution < -0.4 is 5.32 Å². The van der Waals surface area contributed by atoms with E-state index in [0.29, 0.717) is 18.7 Å². The van der Waals surface area contributed by atoms with Gasteiger partial charge >= 0.3 is 12.0 Å². The minimum atomic E-state index is -0.993. The van der Waals surface area contributed by atoms with Gasteiger partial charge in [0.25, 0.3) is 5.91 Å². The van der Waals surface area contributed by atoms with Crippen molar-refractivity contribution < 1.29 is 19.1 Å². The minimum Gasteiger partial charge on any atom is -0.449 e. The summed E-state index contributed by atoms with van der Waals surface area (Å²) in [7, 11) is 0. The van der Waals surface area contributed by atoms with Gasteiger partial charge in [-0.1, -0.05) is 19.1 Å². The topological polar surface area (TPSA) is 75.7 Å². The van der Waals surface area contributed by atoms with E-state index in [4.69, 9.17) is 4.74 Å². The third-order valence-corrected chi connectivity index (χ3v) is 3.35. The highest BCUT2D eigenvalue weighted by Crippen LogP contribution is 2.10. The molecule has 1 heterocycles. The number of carbonyl (C=O) groups is 3. The highest BCUT2D eigenvalue weighted by molar-refractivity contribution is 5.99. The molecule has 0 spiro atoms. The number of hydrogen-bond acceptors (Lipinski definition) is 4. The zero-order valence-electron chi connectivity index (χ0n) is 12.1. The second-order valence-electron chi connectivity index (χ2n) is 4.82. The molecule has 3 amide bonds. The Hall–Kier alpha value is -2.37. The maximum absolute atomic E-state index is 12.0. The summed E-state index contributed by atoms with van der Waals surface area (Å²) in [6, 6.07) is 6.57. The summed E-state index contributed by atoms with van der Waals surface area (Å²) in [6.45, 7) is 4.20. The van der Waals surface area contributed by atoms with Gasteiger partial charge in [0.1, 0.15) is 0 Å². The number of benzene rings is 1. The van der Waals surface area contributed by atoms with Crippen LogP contribution in [0, 0.1) is 0 Å². The molecule has 1 aromatic rings. The number of imide groups is 1. The second-order valence-corrected chi connectivity index (χ2v) is 4.82. The molecule has 1 aliphatic rings. The van der Waals surface area contributed by atoms with Crippen molar-refractivity contribution in [1.82, 2.24) is 10.2 Å². The molecular weight excluding hydrogens is 272 g/mol. The maximum atomic E-state index is 12.0. The fourth-order valence-electron chi connectivity index (χ4n) is 2.06. The fourth-order valence-corrected chi connectivity index (χ4v) is 2.06. The molecule has 112 valence electrons. The highest BCUT2D eigenvalue weighted by atomic mass is 16.5. The number of urea groups is 1. The molecule has 1 fully saturated rings. The molecule has 0 aliphatic carbocycles. The molecule has 6 heteroatoms. The number of nitrogens with zero attached hydrogens (tertiary/aromatic N) is 1. The molecule has 1 saturated heterocycles. The molecule has 1 aromatic carbocycles. The first-order chi connectivity index (χ1) is 10.0. The van der Waals surface area contributed by atoms with Gasteiger partial charge in [-0.25, -0.2) is 9.59 Å². The van der Waals surface area contributed by atoms with Crippen LogP contribution >= 0.6 is 0 Å². The average molecular weight is 290 g/mol. The van der Waals surface area contributed by atoms with Crippen LogP contribution in [-0.4, -0.2) is 42.0 Å². The first kappa shape index (κ1) is 15.0. The highest BCUT2D eigenvalue weighted by Gasteiger charge is 2.31. The van der Waals surface area contributed by atoms with Crippen LogP contribution in [0.1, 0.15) is 29.8 Å². The summed E-state index contributed by atoms with van der Waals surface area (Å²) >= 11 is 0. The zero-order chi connectivity index (χ0) is 15.4. The Balaban J connectivity index is 1.97. The van der Waals surface area contributed by atoms with Crippen molar-refractivity contribution >= 4 is 17.9 Å². The monoisotopic (exact) mass is 290 g/mol. The Bertz CT molecular complexity index is 553. The number of nitrogens with one attached hydrogen (secondary N) is 1. The lowest BCUT2D eigenvalue weighted by molar-refractivity contribution is -0.136. The van der Waals surface area contributed by atoms with Gasteiger partial charge in [0.15, 0.2) is 6.10 Å². The van der Waals surface area contributed by atoms with Crippen molar-refractivity contribution in [2.45, 2.75) is 26.4 Å². The number of carbonyl (C=O) groups excluding carboxylic acids is 3. The third kappa shape index (κ3) is 3.39. The molecule has 0 bridgehead atoms. The first-order valence-electron chi connectivity index (χ1n) is 6.92. The van der Waals surface area contributed by atoms with Crippen molar-refractivity contribution in [3.8, 4) is 0 Å². The summed E-state index contributed by atoms with van der Waals surface area (Å²) in [5.41, 5.74) is 1.50. The minimum absolute atomic E-state index is 0.296. The maximum Gasteiger partial charge on any atom is 0.338 e. The molecule has 6 nitrogen and oxygen atoms in total. The number of esters is 1. The Morgan fingerprint density at radius 2 is 2.00 bits per heavy atom. The van der Waals surface area contributed by atoms with Gasteiger partial charge in [-0.3, -0.25) is 9.69 Å². The fraction of sp³-hybridized carbons (Fsp3) is 0.400. The Kier molecular flexibility index (Phi) is 4.57. The van der Waals surface area contributed by atoms with E-state index < -0.39 is 24.0 Å². The lowest BCUT2D eigenvalue weighted by atomic mass is 10.1. The molecule has 0 saturated carbocycles. The summed E-state index contributed by atoms with van der Waals surface area (Å²) in [5.74, 6) is -1.08. The first-order valence-corrected chi connectivity index (χ1v) is 6.92. The van der Waals surface area contributed by atoms with Gasteiger partial charge in [0, 0.05) is 13.1 Å². The van der Waals surface area contributed by atoms with E-state index in [1.165, 1.54) is 6.92 Å². The summed E-state index contributed by atoms with van der Waals surface area (Å²) < 4.78 is 5.12. The summed E-state index contributed by atoms with van der Waals surface area (Å²) in [6.07, 6.45) is -0.110. The van der Waals surface area contributed by atoms with Gasteiger partial charge in [0.05, 0.1) is 5.56 Å². The zero-order valence-corrected chi connectivity index (χ0v) is 12.1. The molecule has 1 aliphatic heterocycles. The Labute approximate surface area is 123 Å². The molecule has 1 unspecified atom stereocenters. The average Bonchev–Trinajstić information content (AvgIpc) is 2.92. The van der Waals surface area contributed by atoms with Crippen LogP contribution in [0.5, 0.6) is 0 Å². The number of ether oxygens (including phenoxy) is 1. The Morgan fingerprint density at radius 1 is 1.33 bits per heavy atom.